The fourth-order valence-corrected chi connectivity index (χ4v) is 2.76. The minimum Gasteiger partial charge on any atom is -0.345 e. The van der Waals surface area contributed by atoms with Crippen molar-refractivity contribution < 1.29 is 9.47 Å². The van der Waals surface area contributed by atoms with Gasteiger partial charge >= 0.3 is 0 Å². The van der Waals surface area contributed by atoms with E-state index in [2.05, 4.69) is 0 Å². The van der Waals surface area contributed by atoms with Gasteiger partial charge < -0.3 is 9.47 Å². The molecule has 2 aromatic carbocycles. The molecule has 0 bridgehead atoms. The Hall–Kier alpha value is -1.32. The van der Waals surface area contributed by atoms with E-state index in [0.29, 0.717) is 5.03 Å². The van der Waals surface area contributed by atoms with E-state index in [9.17, 15) is 0 Å². The van der Waals surface area contributed by atoms with E-state index in [1.807, 2.05) is 60.7 Å². The first-order valence-electron chi connectivity index (χ1n) is 6.42. The smallest absolute Gasteiger partial charge is 0.234 e. The molecule has 4 heteroatoms. The summed E-state index contributed by atoms with van der Waals surface area (Å²) in [6.45, 7) is 0. The molecule has 110 valence electrons. The molecule has 21 heavy (non-hydrogen) atoms. The summed E-state index contributed by atoms with van der Waals surface area (Å²) >= 11 is 13.0. The van der Waals surface area contributed by atoms with Crippen molar-refractivity contribution in [3.63, 3.8) is 0 Å². The van der Waals surface area contributed by atoms with E-state index < -0.39 is 5.79 Å². The average Bonchev–Trinajstić information content (AvgIpc) is 2.57. The van der Waals surface area contributed by atoms with Crippen molar-refractivity contribution in [1.82, 2.24) is 0 Å². The Morgan fingerprint density at radius 3 is 1.76 bits per heavy atom. The third-order valence-corrected chi connectivity index (χ3v) is 4.18. The third-order valence-electron chi connectivity index (χ3n) is 3.24. The van der Waals surface area contributed by atoms with E-state index in [-0.39, 0.29) is 5.03 Å². The maximum absolute atomic E-state index is 6.52. The summed E-state index contributed by atoms with van der Waals surface area (Å²) < 4.78 is 11.2. The molecular weight excluding hydrogens is 307 g/mol. The number of benzene rings is 2. The van der Waals surface area contributed by atoms with Crippen LogP contribution in [0.2, 0.25) is 0 Å². The third kappa shape index (κ3) is 3.14. The Bertz CT molecular complexity index is 605. The standard InChI is InChI=1S/C17H16Cl2O2/c1-20-17(21-2,14-11-7-4-8-12-14)16(19)15(18)13-9-5-3-6-10-13/h3-12H,1-2H3. The molecule has 0 amide bonds. The lowest BCUT2D eigenvalue weighted by Gasteiger charge is -2.31. The molecule has 0 aliphatic carbocycles. The molecule has 0 aliphatic rings. The van der Waals surface area contributed by atoms with Crippen LogP contribution < -0.4 is 0 Å². The van der Waals surface area contributed by atoms with Gasteiger partial charge in [-0.05, 0) is 5.56 Å². The summed E-state index contributed by atoms with van der Waals surface area (Å²) in [5.41, 5.74) is 1.58. The predicted molar refractivity (Wildman–Crippen MR) is 87.2 cm³/mol. The summed E-state index contributed by atoms with van der Waals surface area (Å²) in [5.74, 6) is -1.23. The van der Waals surface area contributed by atoms with Gasteiger partial charge in [-0.3, -0.25) is 0 Å². The highest BCUT2D eigenvalue weighted by atomic mass is 35.5. The van der Waals surface area contributed by atoms with Crippen molar-refractivity contribution in [2.45, 2.75) is 5.79 Å². The zero-order valence-corrected chi connectivity index (χ0v) is 13.4. The minimum atomic E-state index is -1.23. The maximum Gasteiger partial charge on any atom is 0.234 e. The minimum absolute atomic E-state index is 0.284. The van der Waals surface area contributed by atoms with Gasteiger partial charge in [0.25, 0.3) is 0 Å². The van der Waals surface area contributed by atoms with Gasteiger partial charge in [-0.2, -0.15) is 0 Å². The highest BCUT2D eigenvalue weighted by Crippen LogP contribution is 2.41. The number of rotatable bonds is 5. The van der Waals surface area contributed by atoms with Crippen LogP contribution in [0, 0.1) is 0 Å². The molecule has 0 saturated heterocycles. The molecule has 2 rings (SSSR count). The number of halogens is 2. The Labute approximate surface area is 134 Å². The second-order valence-electron chi connectivity index (χ2n) is 4.38. The van der Waals surface area contributed by atoms with Crippen molar-refractivity contribution in [1.29, 1.82) is 0 Å². The second kappa shape index (κ2) is 7.10. The molecule has 2 aromatic rings. The van der Waals surface area contributed by atoms with Crippen LogP contribution in [-0.2, 0) is 15.3 Å². The summed E-state index contributed by atoms with van der Waals surface area (Å²) in [6, 6.07) is 18.9. The van der Waals surface area contributed by atoms with Crippen molar-refractivity contribution in [2.24, 2.45) is 0 Å². The maximum atomic E-state index is 6.52. The van der Waals surface area contributed by atoms with Gasteiger partial charge in [-0.25, -0.2) is 0 Å². The van der Waals surface area contributed by atoms with Gasteiger partial charge in [0.1, 0.15) is 5.03 Å². The molecule has 0 unspecified atom stereocenters. The molecule has 0 aliphatic heterocycles. The zero-order chi connectivity index (χ0) is 15.3. The number of hydrogen-bond donors (Lipinski definition) is 0. The number of ether oxygens (including phenoxy) is 2. The van der Waals surface area contributed by atoms with E-state index >= 15 is 0 Å². The molecule has 0 heterocycles. The first-order valence-corrected chi connectivity index (χ1v) is 7.18. The topological polar surface area (TPSA) is 18.5 Å². The van der Waals surface area contributed by atoms with Gasteiger partial charge in [-0.15, -0.1) is 0 Å². The highest BCUT2D eigenvalue weighted by molar-refractivity contribution is 6.54. The van der Waals surface area contributed by atoms with Crippen LogP contribution in [0.1, 0.15) is 11.1 Å². The van der Waals surface area contributed by atoms with E-state index in [1.54, 1.807) is 0 Å². The average molecular weight is 323 g/mol. The molecule has 2 nitrogen and oxygen atoms in total. The zero-order valence-electron chi connectivity index (χ0n) is 11.8. The first-order chi connectivity index (χ1) is 10.2. The molecule has 0 radical (unpaired) electrons. The van der Waals surface area contributed by atoms with Crippen molar-refractivity contribution >= 4 is 28.2 Å². The fourth-order valence-electron chi connectivity index (χ4n) is 2.14. The molecule has 0 fully saturated rings. The van der Waals surface area contributed by atoms with Crippen LogP contribution in [0.25, 0.3) is 5.03 Å². The van der Waals surface area contributed by atoms with Crippen molar-refractivity contribution in [2.75, 3.05) is 14.2 Å². The van der Waals surface area contributed by atoms with Crippen LogP contribution in [0.3, 0.4) is 0 Å². The van der Waals surface area contributed by atoms with Crippen LogP contribution >= 0.6 is 23.2 Å². The van der Waals surface area contributed by atoms with Gasteiger partial charge in [0, 0.05) is 19.8 Å². The van der Waals surface area contributed by atoms with Gasteiger partial charge in [-0.1, -0.05) is 83.9 Å². The van der Waals surface area contributed by atoms with Crippen LogP contribution in [0.5, 0.6) is 0 Å². The molecule has 0 spiro atoms. The molecular formula is C17H16Cl2O2. The Balaban J connectivity index is 2.57. The monoisotopic (exact) mass is 322 g/mol. The van der Waals surface area contributed by atoms with Crippen molar-refractivity contribution in [3.8, 4) is 0 Å². The molecule has 0 aromatic heterocycles. The lowest BCUT2D eigenvalue weighted by atomic mass is 10.0. The normalized spacial score (nSPS) is 13.0. The SMILES string of the molecule is COC(OC)(C(Cl)=C(Cl)c1ccccc1)c1ccccc1. The Morgan fingerprint density at radius 2 is 1.29 bits per heavy atom. The summed E-state index contributed by atoms with van der Waals surface area (Å²) in [5, 5.41) is 0.677. The molecule has 0 N–H and O–H groups in total. The second-order valence-corrected chi connectivity index (χ2v) is 5.14. The Morgan fingerprint density at radius 1 is 0.810 bits per heavy atom. The van der Waals surface area contributed by atoms with E-state index in [1.165, 1.54) is 14.2 Å². The highest BCUT2D eigenvalue weighted by Gasteiger charge is 2.38. The van der Waals surface area contributed by atoms with E-state index in [4.69, 9.17) is 32.7 Å². The number of methoxy groups -OCH3 is 2. The summed E-state index contributed by atoms with van der Waals surface area (Å²) in [4.78, 5) is 0. The van der Waals surface area contributed by atoms with Gasteiger partial charge in [0.15, 0.2) is 0 Å². The van der Waals surface area contributed by atoms with Gasteiger partial charge in [0.05, 0.1) is 5.03 Å². The summed E-state index contributed by atoms with van der Waals surface area (Å²) in [7, 11) is 3.07. The molecule has 0 atom stereocenters. The van der Waals surface area contributed by atoms with Crippen LogP contribution in [0.4, 0.5) is 0 Å². The van der Waals surface area contributed by atoms with Crippen LogP contribution in [0.15, 0.2) is 65.7 Å². The van der Waals surface area contributed by atoms with Crippen LogP contribution in [-0.4, -0.2) is 14.2 Å². The fraction of sp³-hybridized carbons (Fsp3) is 0.176. The first kappa shape index (κ1) is 16.1. The lowest BCUT2D eigenvalue weighted by Crippen LogP contribution is -2.31. The lowest BCUT2D eigenvalue weighted by molar-refractivity contribution is -0.181. The van der Waals surface area contributed by atoms with Crippen molar-refractivity contribution in [3.05, 3.63) is 76.8 Å². The number of hydrogen-bond acceptors (Lipinski definition) is 2. The molecule has 0 saturated carbocycles. The predicted octanol–water partition coefficient (Wildman–Crippen LogP) is 4.98. The van der Waals surface area contributed by atoms with Gasteiger partial charge in [0.2, 0.25) is 5.79 Å². The summed E-state index contributed by atoms with van der Waals surface area (Å²) in [6.07, 6.45) is 0. The Kier molecular flexibility index (Phi) is 5.43. The van der Waals surface area contributed by atoms with E-state index in [0.717, 1.165) is 11.1 Å². The largest absolute Gasteiger partial charge is 0.345 e. The quantitative estimate of drug-likeness (QED) is 0.723.